The van der Waals surface area contributed by atoms with Crippen molar-refractivity contribution in [1.82, 2.24) is 20.9 Å². The predicted octanol–water partition coefficient (Wildman–Crippen LogP) is -0.220. The number of urea groups is 1. The minimum atomic E-state index is -1.36. The highest BCUT2D eigenvalue weighted by atomic mass is 32.2. The highest BCUT2D eigenvalue weighted by molar-refractivity contribution is 8.00. The Hall–Kier alpha value is -2.63. The van der Waals surface area contributed by atoms with Crippen LogP contribution in [0.5, 0.6) is 0 Å². The highest BCUT2D eigenvalue weighted by Gasteiger charge is 2.44. The second-order valence-electron chi connectivity index (χ2n) is 8.24. The van der Waals surface area contributed by atoms with E-state index in [-0.39, 0.29) is 30.4 Å². The van der Waals surface area contributed by atoms with Gasteiger partial charge in [0.25, 0.3) is 5.91 Å². The van der Waals surface area contributed by atoms with Gasteiger partial charge in [-0.05, 0) is 32.1 Å². The number of hydrogen-bond donors (Lipinski definition) is 4. The van der Waals surface area contributed by atoms with Crippen molar-refractivity contribution < 1.29 is 33.9 Å². The third kappa shape index (κ3) is 5.78. The summed E-state index contributed by atoms with van der Waals surface area (Å²) in [6, 6.07) is -1.10. The number of aliphatic carboxylic acids is 1. The maximum atomic E-state index is 12.0. The van der Waals surface area contributed by atoms with Crippen molar-refractivity contribution in [2.24, 2.45) is 0 Å². The van der Waals surface area contributed by atoms with Crippen molar-refractivity contribution in [3.05, 3.63) is 0 Å². The second-order valence-corrected chi connectivity index (χ2v) is 9.51. The molecule has 0 aromatic rings. The number of thioether (sulfide) groups is 1. The summed E-state index contributed by atoms with van der Waals surface area (Å²) in [6.07, 6.45) is 3.29. The normalized spacial score (nSPS) is 25.5. The summed E-state index contributed by atoms with van der Waals surface area (Å²) < 4.78 is 0. The average molecular weight is 469 g/mol. The van der Waals surface area contributed by atoms with Gasteiger partial charge in [-0.2, -0.15) is 11.8 Å². The molecule has 1 unspecified atom stereocenters. The average Bonchev–Trinajstić information content (AvgIpc) is 3.35. The van der Waals surface area contributed by atoms with E-state index >= 15 is 0 Å². The number of carboxylic acid groups (broad SMARTS) is 1. The number of nitrogens with zero attached hydrogens (tertiary/aromatic N) is 1. The van der Waals surface area contributed by atoms with Crippen LogP contribution in [0.4, 0.5) is 4.79 Å². The number of carbonyl (C=O) groups excluding carboxylic acids is 5. The Kier molecular flexibility index (Phi) is 8.10. The Morgan fingerprint density at radius 3 is 2.59 bits per heavy atom. The summed E-state index contributed by atoms with van der Waals surface area (Å²) in [7, 11) is 0. The fourth-order valence-corrected chi connectivity index (χ4v) is 5.82. The highest BCUT2D eigenvalue weighted by Crippen LogP contribution is 2.33. The maximum absolute atomic E-state index is 12.0. The maximum Gasteiger partial charge on any atom is 0.326 e. The summed E-state index contributed by atoms with van der Waals surface area (Å²) >= 11 is 1.84. The Morgan fingerprint density at radius 1 is 1.12 bits per heavy atom. The monoisotopic (exact) mass is 468 g/mol. The summed E-state index contributed by atoms with van der Waals surface area (Å²) in [5.74, 6) is -3.22. The Balaban J connectivity index is 1.26. The van der Waals surface area contributed by atoms with Crippen molar-refractivity contribution in [3.8, 4) is 0 Å². The molecule has 4 N–H and O–H groups in total. The number of amides is 5. The molecule has 0 saturated carbocycles. The van der Waals surface area contributed by atoms with Gasteiger partial charge in [0.1, 0.15) is 6.04 Å². The van der Waals surface area contributed by atoms with E-state index in [2.05, 4.69) is 16.0 Å². The lowest BCUT2D eigenvalue weighted by Gasteiger charge is -2.21. The van der Waals surface area contributed by atoms with Crippen LogP contribution >= 0.6 is 11.8 Å². The van der Waals surface area contributed by atoms with E-state index in [1.165, 1.54) is 0 Å². The van der Waals surface area contributed by atoms with Gasteiger partial charge in [-0.3, -0.25) is 24.1 Å². The zero-order chi connectivity index (χ0) is 23.3. The quantitative estimate of drug-likeness (QED) is 0.100. The largest absolute Gasteiger partial charge is 0.480 e. The molecule has 3 saturated heterocycles. The number of rotatable bonds is 12. The Morgan fingerprint density at radius 2 is 1.91 bits per heavy atom. The number of ketones is 1. The minimum Gasteiger partial charge on any atom is -0.480 e. The molecule has 0 bridgehead atoms. The number of imide groups is 1. The molecule has 0 spiro atoms. The van der Waals surface area contributed by atoms with Crippen molar-refractivity contribution in [2.75, 3.05) is 12.3 Å². The van der Waals surface area contributed by atoms with Crippen LogP contribution in [-0.4, -0.2) is 81.2 Å². The molecule has 5 amide bonds. The molecule has 3 rings (SSSR count). The van der Waals surface area contributed by atoms with E-state index in [0.717, 1.165) is 25.0 Å². The lowest BCUT2D eigenvalue weighted by Crippen LogP contribution is -2.45. The van der Waals surface area contributed by atoms with Gasteiger partial charge in [0.2, 0.25) is 17.6 Å². The molecular weight excluding hydrogens is 440 g/mol. The molecule has 0 radical (unpaired) electrons. The second kappa shape index (κ2) is 10.8. The summed E-state index contributed by atoms with van der Waals surface area (Å²) in [6.45, 7) is 0.367. The molecule has 0 aliphatic carbocycles. The van der Waals surface area contributed by atoms with Crippen LogP contribution in [0.2, 0.25) is 0 Å². The van der Waals surface area contributed by atoms with Crippen LogP contribution in [0.25, 0.3) is 0 Å². The molecule has 3 aliphatic rings. The smallest absolute Gasteiger partial charge is 0.326 e. The van der Waals surface area contributed by atoms with Crippen LogP contribution in [-0.2, 0) is 24.0 Å². The van der Waals surface area contributed by atoms with E-state index in [4.69, 9.17) is 0 Å². The van der Waals surface area contributed by atoms with E-state index in [1.54, 1.807) is 0 Å². The van der Waals surface area contributed by atoms with Crippen molar-refractivity contribution >= 4 is 47.3 Å². The number of hydrogen-bond acceptors (Lipinski definition) is 7. The molecule has 3 heterocycles. The number of carboxylic acids is 1. The van der Waals surface area contributed by atoms with Gasteiger partial charge in [-0.15, -0.1) is 0 Å². The molecule has 176 valence electrons. The molecular formula is C20H28N4O7S. The number of carbonyl (C=O) groups is 6. The topological polar surface area (TPSA) is 162 Å². The fraction of sp³-hybridized carbons (Fsp3) is 0.700. The Labute approximate surface area is 189 Å². The zero-order valence-corrected chi connectivity index (χ0v) is 18.4. The lowest BCUT2D eigenvalue weighted by molar-refractivity contribution is -0.155. The third-order valence-electron chi connectivity index (χ3n) is 5.94. The first-order chi connectivity index (χ1) is 15.3. The van der Waals surface area contributed by atoms with Gasteiger partial charge in [-0.1, -0.05) is 6.42 Å². The number of fused-ring (bicyclic) bond motifs is 1. The SMILES string of the molecule is O=C(CCCC[C@@H]1SC[C@@H]2NC(=O)N[C@@H]21)NCCCCC(C(=O)O)N1C(=O)CC(=O)C1=O. The van der Waals surface area contributed by atoms with Crippen molar-refractivity contribution in [2.45, 2.75) is 74.7 Å². The van der Waals surface area contributed by atoms with E-state index < -0.39 is 36.0 Å². The first-order valence-electron chi connectivity index (χ1n) is 10.8. The van der Waals surface area contributed by atoms with E-state index in [1.807, 2.05) is 11.8 Å². The van der Waals surface area contributed by atoms with E-state index in [0.29, 0.717) is 36.0 Å². The summed E-state index contributed by atoms with van der Waals surface area (Å²) in [5, 5.41) is 18.3. The number of likely N-dealkylation sites (tertiary alicyclic amines) is 1. The van der Waals surface area contributed by atoms with Gasteiger partial charge in [0.05, 0.1) is 18.5 Å². The predicted molar refractivity (Wildman–Crippen MR) is 114 cm³/mol. The van der Waals surface area contributed by atoms with Crippen LogP contribution < -0.4 is 16.0 Å². The first-order valence-corrected chi connectivity index (χ1v) is 11.9. The zero-order valence-electron chi connectivity index (χ0n) is 17.6. The fourth-order valence-electron chi connectivity index (χ4n) is 4.28. The molecule has 3 aliphatic heterocycles. The van der Waals surface area contributed by atoms with Gasteiger partial charge >= 0.3 is 12.0 Å². The van der Waals surface area contributed by atoms with Gasteiger partial charge < -0.3 is 21.1 Å². The standard InChI is InChI=1S/C20H28N4O7S/c25-13-9-16(27)24(18(13)28)12(19(29)30)5-3-4-8-21-15(26)7-2-1-6-14-17-11(10-32-14)22-20(31)23-17/h11-12,14,17H,1-10H2,(H,21,26)(H,29,30)(H2,22,23,31)/t11-,12?,14-,17-/m0/s1. The summed E-state index contributed by atoms with van der Waals surface area (Å²) in [4.78, 5) is 70.2. The number of Topliss-reactive ketones (excluding diaryl/α,β-unsaturated/α-hetero) is 1. The molecule has 4 atom stereocenters. The van der Waals surface area contributed by atoms with Gasteiger partial charge in [0, 0.05) is 24.0 Å². The van der Waals surface area contributed by atoms with Crippen molar-refractivity contribution in [3.63, 3.8) is 0 Å². The molecule has 32 heavy (non-hydrogen) atoms. The molecule has 0 aromatic carbocycles. The lowest BCUT2D eigenvalue weighted by atomic mass is 10.0. The van der Waals surface area contributed by atoms with Crippen LogP contribution in [0.1, 0.15) is 51.4 Å². The van der Waals surface area contributed by atoms with E-state index in [9.17, 15) is 33.9 Å². The molecule has 3 fully saturated rings. The first kappa shape index (κ1) is 24.0. The van der Waals surface area contributed by atoms with Gasteiger partial charge in [-0.25, -0.2) is 9.59 Å². The van der Waals surface area contributed by atoms with Gasteiger partial charge in [0.15, 0.2) is 0 Å². The molecule has 12 heteroatoms. The Bertz CT molecular complexity index is 805. The number of nitrogens with one attached hydrogen (secondary N) is 3. The third-order valence-corrected chi connectivity index (χ3v) is 7.45. The minimum absolute atomic E-state index is 0.0303. The number of unbranched alkanes of at least 4 members (excludes halogenated alkanes) is 2. The molecule has 11 nitrogen and oxygen atoms in total. The summed E-state index contributed by atoms with van der Waals surface area (Å²) in [5.41, 5.74) is 0. The van der Waals surface area contributed by atoms with Crippen molar-refractivity contribution in [1.29, 1.82) is 0 Å². The van der Waals surface area contributed by atoms with Crippen LogP contribution in [0.3, 0.4) is 0 Å². The van der Waals surface area contributed by atoms with Crippen LogP contribution in [0.15, 0.2) is 0 Å². The van der Waals surface area contributed by atoms with Crippen LogP contribution in [0, 0.1) is 0 Å². The molecule has 0 aromatic heterocycles.